The van der Waals surface area contributed by atoms with Crippen molar-refractivity contribution < 1.29 is 23.4 Å². The fraction of sp³-hybridized carbons (Fsp3) is 0.389. The van der Waals surface area contributed by atoms with E-state index in [1.807, 2.05) is 0 Å². The molecule has 2 heterocycles. The summed E-state index contributed by atoms with van der Waals surface area (Å²) in [5.74, 6) is 0.338. The number of aliphatic hydroxyl groups is 1. The molecule has 1 saturated heterocycles. The molecule has 3 rings (SSSR count). The van der Waals surface area contributed by atoms with Crippen LogP contribution in [-0.4, -0.2) is 35.7 Å². The number of furan rings is 1. The lowest BCUT2D eigenvalue weighted by Gasteiger charge is -2.26. The van der Waals surface area contributed by atoms with E-state index in [1.165, 1.54) is 25.5 Å². The predicted molar refractivity (Wildman–Crippen MR) is 90.0 cm³/mol. The number of anilines is 1. The predicted octanol–water partition coefficient (Wildman–Crippen LogP) is 3.55. The number of nitrogens with one attached hydrogen (secondary N) is 1. The van der Waals surface area contributed by atoms with Gasteiger partial charge in [-0.1, -0.05) is 0 Å². The fourth-order valence-electron chi connectivity index (χ4n) is 3.15. The van der Waals surface area contributed by atoms with E-state index in [4.69, 9.17) is 9.15 Å². The number of carbonyl (C=O) groups excluding carboxylic acids is 1. The van der Waals surface area contributed by atoms with Gasteiger partial charge in [0.2, 0.25) is 0 Å². The van der Waals surface area contributed by atoms with Crippen LogP contribution in [-0.2, 0) is 0 Å². The number of nitrogens with zero attached hydrogens (tertiary/aromatic N) is 1. The van der Waals surface area contributed by atoms with E-state index in [1.54, 1.807) is 23.1 Å². The van der Waals surface area contributed by atoms with Crippen LogP contribution in [0.5, 0.6) is 5.75 Å². The first kappa shape index (κ1) is 17.3. The van der Waals surface area contributed by atoms with Gasteiger partial charge in [0.25, 0.3) is 0 Å². The Morgan fingerprint density at radius 1 is 1.52 bits per heavy atom. The standard InChI is InChI=1S/C18H21FN2O4/c1-24-15-9-12(19)8-13(10-15)20-18(23)21-6-2-4-14(21)11-16(22)17-5-3-7-25-17/h3,5,7-10,14,16,22H,2,4,6,11H2,1H3,(H,20,23). The van der Waals surface area contributed by atoms with Crippen molar-refractivity contribution in [1.29, 1.82) is 0 Å². The molecule has 1 aromatic carbocycles. The molecule has 25 heavy (non-hydrogen) atoms. The van der Waals surface area contributed by atoms with Crippen molar-refractivity contribution in [3.05, 3.63) is 48.2 Å². The number of hydrogen-bond acceptors (Lipinski definition) is 4. The summed E-state index contributed by atoms with van der Waals surface area (Å²) in [5, 5.41) is 12.9. The summed E-state index contributed by atoms with van der Waals surface area (Å²) in [5.41, 5.74) is 0.332. The summed E-state index contributed by atoms with van der Waals surface area (Å²) < 4.78 is 23.8. The number of rotatable bonds is 5. The minimum absolute atomic E-state index is 0.101. The van der Waals surface area contributed by atoms with Crippen LogP contribution < -0.4 is 10.1 Å². The van der Waals surface area contributed by atoms with Crippen LogP contribution in [0, 0.1) is 5.82 Å². The van der Waals surface area contributed by atoms with Gasteiger partial charge in [-0.15, -0.1) is 0 Å². The van der Waals surface area contributed by atoms with Gasteiger partial charge in [-0.25, -0.2) is 9.18 Å². The normalized spacial score (nSPS) is 18.2. The zero-order valence-electron chi connectivity index (χ0n) is 13.9. The summed E-state index contributed by atoms with van der Waals surface area (Å²) in [6.45, 7) is 0.591. The molecule has 0 bridgehead atoms. The molecule has 2 aromatic rings. The molecule has 6 nitrogen and oxygen atoms in total. The number of ether oxygens (including phenoxy) is 1. The molecule has 7 heteroatoms. The molecule has 0 aliphatic carbocycles. The van der Waals surface area contributed by atoms with E-state index < -0.39 is 11.9 Å². The van der Waals surface area contributed by atoms with Gasteiger partial charge in [0.1, 0.15) is 23.4 Å². The molecule has 1 fully saturated rings. The molecule has 2 amide bonds. The highest BCUT2D eigenvalue weighted by Crippen LogP contribution is 2.28. The number of methoxy groups -OCH3 is 1. The first-order valence-corrected chi connectivity index (χ1v) is 8.20. The summed E-state index contributed by atoms with van der Waals surface area (Å²) in [7, 11) is 1.44. The Hall–Kier alpha value is -2.54. The third-order valence-corrected chi connectivity index (χ3v) is 4.36. The number of urea groups is 1. The lowest BCUT2D eigenvalue weighted by molar-refractivity contribution is 0.110. The number of likely N-dealkylation sites (tertiary alicyclic amines) is 1. The SMILES string of the molecule is COc1cc(F)cc(NC(=O)N2CCCC2CC(O)c2ccco2)c1. The second kappa shape index (κ2) is 7.57. The van der Waals surface area contributed by atoms with Gasteiger partial charge in [0.15, 0.2) is 0 Å². The minimum atomic E-state index is -0.761. The Morgan fingerprint density at radius 3 is 3.08 bits per heavy atom. The third kappa shape index (κ3) is 4.11. The number of amides is 2. The molecule has 0 saturated carbocycles. The Labute approximate surface area is 145 Å². The second-order valence-electron chi connectivity index (χ2n) is 6.07. The van der Waals surface area contributed by atoms with Crippen LogP contribution in [0.25, 0.3) is 0 Å². The number of halogens is 1. The average molecular weight is 348 g/mol. The van der Waals surface area contributed by atoms with Gasteiger partial charge in [0, 0.05) is 36.8 Å². The van der Waals surface area contributed by atoms with Gasteiger partial charge in [-0.3, -0.25) is 0 Å². The van der Waals surface area contributed by atoms with Crippen molar-refractivity contribution in [2.75, 3.05) is 19.0 Å². The molecular weight excluding hydrogens is 327 g/mol. The summed E-state index contributed by atoms with van der Waals surface area (Å²) in [4.78, 5) is 14.2. The van der Waals surface area contributed by atoms with Gasteiger partial charge >= 0.3 is 6.03 Å². The van der Waals surface area contributed by atoms with Crippen LogP contribution in [0.1, 0.15) is 31.1 Å². The Balaban J connectivity index is 1.65. The summed E-state index contributed by atoms with van der Waals surface area (Å²) in [6.07, 6.45) is 2.80. The molecule has 0 radical (unpaired) electrons. The molecule has 2 unspecified atom stereocenters. The van der Waals surface area contributed by atoms with E-state index in [2.05, 4.69) is 5.32 Å². The minimum Gasteiger partial charge on any atom is -0.497 e. The number of hydrogen-bond donors (Lipinski definition) is 2. The first-order chi connectivity index (χ1) is 12.1. The average Bonchev–Trinajstić information content (AvgIpc) is 3.25. The number of benzene rings is 1. The van der Waals surface area contributed by atoms with E-state index in [-0.39, 0.29) is 12.1 Å². The van der Waals surface area contributed by atoms with Crippen molar-refractivity contribution in [3.63, 3.8) is 0 Å². The highest BCUT2D eigenvalue weighted by atomic mass is 19.1. The lowest BCUT2D eigenvalue weighted by Crippen LogP contribution is -2.39. The van der Waals surface area contributed by atoms with Gasteiger partial charge in [0.05, 0.1) is 13.4 Å². The second-order valence-corrected chi connectivity index (χ2v) is 6.07. The monoisotopic (exact) mass is 348 g/mol. The molecule has 2 atom stereocenters. The van der Waals surface area contributed by atoms with Gasteiger partial charge in [-0.05, 0) is 31.0 Å². The Kier molecular flexibility index (Phi) is 5.23. The largest absolute Gasteiger partial charge is 0.497 e. The highest BCUT2D eigenvalue weighted by molar-refractivity contribution is 5.90. The van der Waals surface area contributed by atoms with E-state index in [0.29, 0.717) is 30.2 Å². The molecule has 0 spiro atoms. The lowest BCUT2D eigenvalue weighted by atomic mass is 10.1. The van der Waals surface area contributed by atoms with E-state index in [9.17, 15) is 14.3 Å². The van der Waals surface area contributed by atoms with E-state index in [0.717, 1.165) is 12.8 Å². The zero-order valence-corrected chi connectivity index (χ0v) is 13.9. The van der Waals surface area contributed by atoms with Crippen LogP contribution in [0.15, 0.2) is 41.0 Å². The van der Waals surface area contributed by atoms with Gasteiger partial charge < -0.3 is 24.5 Å². The molecule has 1 aliphatic heterocycles. The Bertz CT molecular complexity index is 720. The van der Waals surface area contributed by atoms with Crippen LogP contribution in [0.3, 0.4) is 0 Å². The summed E-state index contributed by atoms with van der Waals surface area (Å²) in [6, 6.07) is 7.05. The maximum atomic E-state index is 13.6. The van der Waals surface area contributed by atoms with Crippen molar-refractivity contribution in [2.45, 2.75) is 31.4 Å². The van der Waals surface area contributed by atoms with Crippen molar-refractivity contribution in [2.24, 2.45) is 0 Å². The highest BCUT2D eigenvalue weighted by Gasteiger charge is 2.31. The molecule has 1 aromatic heterocycles. The topological polar surface area (TPSA) is 74.9 Å². The van der Waals surface area contributed by atoms with Crippen LogP contribution >= 0.6 is 0 Å². The maximum Gasteiger partial charge on any atom is 0.322 e. The summed E-state index contributed by atoms with van der Waals surface area (Å²) >= 11 is 0. The molecule has 1 aliphatic rings. The molecule has 2 N–H and O–H groups in total. The third-order valence-electron chi connectivity index (χ3n) is 4.36. The maximum absolute atomic E-state index is 13.6. The van der Waals surface area contributed by atoms with E-state index >= 15 is 0 Å². The number of carbonyl (C=O) groups is 1. The van der Waals surface area contributed by atoms with Crippen molar-refractivity contribution in [3.8, 4) is 5.75 Å². The number of aliphatic hydroxyl groups excluding tert-OH is 1. The van der Waals surface area contributed by atoms with Crippen LogP contribution in [0.2, 0.25) is 0 Å². The van der Waals surface area contributed by atoms with Crippen molar-refractivity contribution >= 4 is 11.7 Å². The quantitative estimate of drug-likeness (QED) is 0.866. The smallest absolute Gasteiger partial charge is 0.322 e. The van der Waals surface area contributed by atoms with Crippen LogP contribution in [0.4, 0.5) is 14.9 Å². The Morgan fingerprint density at radius 2 is 2.36 bits per heavy atom. The molecule has 134 valence electrons. The first-order valence-electron chi connectivity index (χ1n) is 8.20. The fourth-order valence-corrected chi connectivity index (χ4v) is 3.15. The van der Waals surface area contributed by atoms with Crippen molar-refractivity contribution in [1.82, 2.24) is 4.90 Å². The zero-order chi connectivity index (χ0) is 17.8. The van der Waals surface area contributed by atoms with Gasteiger partial charge in [-0.2, -0.15) is 0 Å². The molecular formula is C18H21FN2O4.